The summed E-state index contributed by atoms with van der Waals surface area (Å²) in [6.45, 7) is -0.0823. The van der Waals surface area contributed by atoms with Crippen LogP contribution in [0.3, 0.4) is 0 Å². The molecular weight excluding hydrogens is 325 g/mol. The van der Waals surface area contributed by atoms with Crippen LogP contribution in [0.4, 0.5) is 10.1 Å². The molecule has 7 heteroatoms. The van der Waals surface area contributed by atoms with Crippen molar-refractivity contribution >= 4 is 29.5 Å². The number of halogens is 2. The highest BCUT2D eigenvalue weighted by atomic mass is 35.5. The first-order valence-electron chi connectivity index (χ1n) is 6.50. The quantitative estimate of drug-likeness (QED) is 0.816. The van der Waals surface area contributed by atoms with Crippen LogP contribution in [0.15, 0.2) is 42.5 Å². The molecule has 0 aliphatic heterocycles. The normalized spacial score (nSPS) is 9.35. The van der Waals surface area contributed by atoms with Crippen LogP contribution < -0.4 is 10.1 Å². The summed E-state index contributed by atoms with van der Waals surface area (Å²) in [7, 11) is 1.75. The zero-order chi connectivity index (χ0) is 17.2. The van der Waals surface area contributed by atoms with Gasteiger partial charge in [-0.2, -0.15) is 0 Å². The molecule has 0 amide bonds. The Kier molecular flexibility index (Phi) is 7.56. The predicted molar refractivity (Wildman–Crippen MR) is 85.9 cm³/mol. The van der Waals surface area contributed by atoms with Gasteiger partial charge < -0.3 is 15.2 Å². The van der Waals surface area contributed by atoms with E-state index in [-0.39, 0.29) is 11.6 Å². The van der Waals surface area contributed by atoms with Crippen LogP contribution in [0, 0.1) is 5.82 Å². The van der Waals surface area contributed by atoms with E-state index in [9.17, 15) is 14.0 Å². The molecule has 0 spiro atoms. The topological polar surface area (TPSA) is 75.6 Å². The lowest BCUT2D eigenvalue weighted by Gasteiger charge is -2.01. The van der Waals surface area contributed by atoms with Gasteiger partial charge in [-0.05, 0) is 30.3 Å². The lowest BCUT2D eigenvalue weighted by atomic mass is 10.2. The average molecular weight is 340 g/mol. The van der Waals surface area contributed by atoms with Gasteiger partial charge in [0.1, 0.15) is 18.2 Å². The highest BCUT2D eigenvalue weighted by Gasteiger charge is 2.01. The molecule has 0 atom stereocenters. The number of benzene rings is 2. The molecule has 0 bridgehead atoms. The number of ether oxygens (including phenoxy) is 1. The molecule has 0 aromatic heterocycles. The summed E-state index contributed by atoms with van der Waals surface area (Å²) >= 11 is 5.41. The molecule has 0 aliphatic carbocycles. The fourth-order valence-corrected chi connectivity index (χ4v) is 1.62. The highest BCUT2D eigenvalue weighted by Crippen LogP contribution is 2.19. The second-order valence-corrected chi connectivity index (χ2v) is 4.60. The Morgan fingerprint density at radius 2 is 2.09 bits per heavy atom. The lowest BCUT2D eigenvalue weighted by molar-refractivity contribution is -0.109. The van der Waals surface area contributed by atoms with E-state index < -0.39 is 11.8 Å². The molecule has 2 aromatic carbocycles. The van der Waals surface area contributed by atoms with Crippen LogP contribution in [-0.4, -0.2) is 31.0 Å². The largest absolute Gasteiger partial charge is 0.486 e. The van der Waals surface area contributed by atoms with E-state index in [1.807, 2.05) is 6.07 Å². The molecule has 122 valence electrons. The number of aldehydes is 1. The molecule has 0 fully saturated rings. The van der Waals surface area contributed by atoms with Gasteiger partial charge in [-0.1, -0.05) is 17.7 Å². The van der Waals surface area contributed by atoms with E-state index in [0.717, 1.165) is 11.8 Å². The fourth-order valence-electron chi connectivity index (χ4n) is 1.50. The van der Waals surface area contributed by atoms with Gasteiger partial charge in [0.2, 0.25) is 0 Å². The van der Waals surface area contributed by atoms with Gasteiger partial charge in [0, 0.05) is 18.8 Å². The second-order valence-electron chi connectivity index (χ2n) is 4.19. The third kappa shape index (κ3) is 6.36. The van der Waals surface area contributed by atoms with Crippen molar-refractivity contribution in [3.8, 4) is 5.75 Å². The van der Waals surface area contributed by atoms with Crippen LogP contribution >= 0.6 is 11.6 Å². The Hall–Kier alpha value is -2.60. The van der Waals surface area contributed by atoms with Gasteiger partial charge in [-0.25, -0.2) is 9.18 Å². The van der Waals surface area contributed by atoms with Crippen molar-refractivity contribution in [2.45, 2.75) is 0 Å². The van der Waals surface area contributed by atoms with Gasteiger partial charge in [0.15, 0.2) is 6.29 Å². The number of nitrogens with one attached hydrogen (secondary N) is 1. The molecule has 2 rings (SSSR count). The minimum absolute atomic E-state index is 0.0356. The second kappa shape index (κ2) is 9.42. The summed E-state index contributed by atoms with van der Waals surface area (Å²) < 4.78 is 17.5. The van der Waals surface area contributed by atoms with Gasteiger partial charge in [0.05, 0.1) is 10.6 Å². The maximum absolute atomic E-state index is 12.7. The number of carbonyl (C=O) groups excluding carboxylic acids is 1. The van der Waals surface area contributed by atoms with Crippen molar-refractivity contribution in [2.24, 2.45) is 0 Å². The fraction of sp³-hybridized carbons (Fsp3) is 0.125. The summed E-state index contributed by atoms with van der Waals surface area (Å²) in [5.74, 6) is -1.16. The molecule has 2 aromatic rings. The third-order valence-electron chi connectivity index (χ3n) is 2.61. The number of hydrogen-bond acceptors (Lipinski definition) is 4. The van der Waals surface area contributed by atoms with E-state index in [1.165, 1.54) is 12.1 Å². The number of carbonyl (C=O) groups is 2. The first-order chi connectivity index (χ1) is 11.0. The smallest absolute Gasteiger partial charge is 0.335 e. The highest BCUT2D eigenvalue weighted by molar-refractivity contribution is 6.30. The minimum Gasteiger partial charge on any atom is -0.486 e. The van der Waals surface area contributed by atoms with Gasteiger partial charge in [-0.3, -0.25) is 4.79 Å². The SMILES string of the molecule is CNc1cccc(C(=O)O)c1.O=CCOc1ccc(Cl)c(F)c1. The molecule has 0 saturated carbocycles. The Morgan fingerprint density at radius 3 is 2.65 bits per heavy atom. The maximum atomic E-state index is 12.7. The number of carboxylic acid groups (broad SMARTS) is 1. The zero-order valence-electron chi connectivity index (χ0n) is 12.3. The van der Waals surface area contributed by atoms with Gasteiger partial charge in [0.25, 0.3) is 0 Å². The summed E-state index contributed by atoms with van der Waals surface area (Å²) in [6, 6.07) is 10.7. The third-order valence-corrected chi connectivity index (χ3v) is 2.91. The monoisotopic (exact) mass is 339 g/mol. The first-order valence-corrected chi connectivity index (χ1v) is 6.88. The van der Waals surface area contributed by atoms with Crippen LogP contribution in [0.25, 0.3) is 0 Å². The van der Waals surface area contributed by atoms with Crippen LogP contribution in [-0.2, 0) is 4.79 Å². The standard InChI is InChI=1S/C8H6ClFO2.C8H9NO2/c9-7-2-1-6(5-8(7)10)12-4-3-11;1-9-7-4-2-3-6(5-7)8(10)11/h1-3,5H,4H2;2-5,9H,1H3,(H,10,11). The maximum Gasteiger partial charge on any atom is 0.335 e. The van der Waals surface area contributed by atoms with E-state index in [4.69, 9.17) is 21.4 Å². The molecular formula is C16H15ClFNO4. The predicted octanol–water partition coefficient (Wildman–Crippen LogP) is 3.48. The van der Waals surface area contributed by atoms with E-state index in [0.29, 0.717) is 17.6 Å². The molecule has 0 saturated heterocycles. The van der Waals surface area contributed by atoms with Crippen molar-refractivity contribution in [3.63, 3.8) is 0 Å². The molecule has 0 aliphatic rings. The Labute approximate surface area is 137 Å². The van der Waals surface area contributed by atoms with Gasteiger partial charge in [-0.15, -0.1) is 0 Å². The van der Waals surface area contributed by atoms with Crippen molar-refractivity contribution < 1.29 is 23.8 Å². The number of anilines is 1. The van der Waals surface area contributed by atoms with Crippen molar-refractivity contribution in [1.82, 2.24) is 0 Å². The lowest BCUT2D eigenvalue weighted by Crippen LogP contribution is -1.97. The van der Waals surface area contributed by atoms with Crippen molar-refractivity contribution in [2.75, 3.05) is 19.0 Å². The van der Waals surface area contributed by atoms with E-state index in [2.05, 4.69) is 5.32 Å². The van der Waals surface area contributed by atoms with Crippen LogP contribution in [0.5, 0.6) is 5.75 Å². The summed E-state index contributed by atoms with van der Waals surface area (Å²) in [4.78, 5) is 20.3. The molecule has 2 N–H and O–H groups in total. The molecule has 5 nitrogen and oxygen atoms in total. The number of aromatic carboxylic acids is 1. The Balaban J connectivity index is 0.000000231. The zero-order valence-corrected chi connectivity index (χ0v) is 13.0. The number of rotatable bonds is 5. The summed E-state index contributed by atoms with van der Waals surface area (Å²) in [5.41, 5.74) is 1.11. The summed E-state index contributed by atoms with van der Waals surface area (Å²) in [5, 5.41) is 11.5. The van der Waals surface area contributed by atoms with Crippen LogP contribution in [0.2, 0.25) is 5.02 Å². The minimum atomic E-state index is -0.901. The molecule has 23 heavy (non-hydrogen) atoms. The molecule has 0 unspecified atom stereocenters. The van der Waals surface area contributed by atoms with E-state index >= 15 is 0 Å². The number of carboxylic acids is 1. The average Bonchev–Trinajstić information content (AvgIpc) is 2.56. The Morgan fingerprint density at radius 1 is 1.35 bits per heavy atom. The first kappa shape index (κ1) is 18.4. The summed E-state index contributed by atoms with van der Waals surface area (Å²) in [6.07, 6.45) is 0.590. The van der Waals surface area contributed by atoms with E-state index in [1.54, 1.807) is 25.2 Å². The number of hydrogen-bond donors (Lipinski definition) is 2. The molecule has 0 radical (unpaired) electrons. The van der Waals surface area contributed by atoms with Gasteiger partial charge >= 0.3 is 5.97 Å². The van der Waals surface area contributed by atoms with Crippen LogP contribution in [0.1, 0.15) is 10.4 Å². The van der Waals surface area contributed by atoms with Crippen molar-refractivity contribution in [3.05, 3.63) is 58.9 Å². The van der Waals surface area contributed by atoms with Crippen molar-refractivity contribution in [1.29, 1.82) is 0 Å². The Bertz CT molecular complexity index is 679. The molecule has 0 heterocycles.